The van der Waals surface area contributed by atoms with E-state index in [1.807, 2.05) is 79.7 Å². The zero-order valence-corrected chi connectivity index (χ0v) is 12.9. The fourth-order valence-electron chi connectivity index (χ4n) is 2.22. The molecule has 0 radical (unpaired) electrons. The number of benzene rings is 2. The lowest BCUT2D eigenvalue weighted by Gasteiger charge is -2.27. The van der Waals surface area contributed by atoms with Gasteiger partial charge < -0.3 is 17.2 Å². The first kappa shape index (κ1) is 15.9. The predicted octanol–water partition coefficient (Wildman–Crippen LogP) is 3.22. The Morgan fingerprint density at radius 3 is 2.05 bits per heavy atom. The molecule has 114 valence electrons. The normalized spacial score (nSPS) is 19.8. The molecule has 2 aromatic rings. The van der Waals surface area contributed by atoms with Crippen molar-refractivity contribution >= 4 is 5.69 Å². The molecule has 1 aliphatic rings. The fourth-order valence-corrected chi connectivity index (χ4v) is 2.22. The second kappa shape index (κ2) is 6.96. The minimum Gasteiger partial charge on any atom is -0.399 e. The third kappa shape index (κ3) is 3.99. The zero-order chi connectivity index (χ0) is 16.0. The van der Waals surface area contributed by atoms with Crippen molar-refractivity contribution in [2.45, 2.75) is 18.9 Å². The first-order valence-corrected chi connectivity index (χ1v) is 7.32. The summed E-state index contributed by atoms with van der Waals surface area (Å²) in [5.74, 6) is 0. The average Bonchev–Trinajstić information content (AvgIpc) is 2.55. The molecule has 0 amide bonds. The molecule has 3 rings (SSSR count). The maximum absolute atomic E-state index is 6.26. The number of aryl methyl sites for hydroxylation is 1. The number of hydrogen-bond donors (Lipinski definition) is 3. The number of hydrogen-bond acceptors (Lipinski definition) is 3. The Balaban J connectivity index is 0.000000188. The monoisotopic (exact) mass is 293 g/mol. The van der Waals surface area contributed by atoms with Crippen LogP contribution in [0.3, 0.4) is 0 Å². The van der Waals surface area contributed by atoms with Crippen LogP contribution < -0.4 is 17.2 Å². The third-order valence-electron chi connectivity index (χ3n) is 3.75. The van der Waals surface area contributed by atoms with Gasteiger partial charge in [0.1, 0.15) is 0 Å². The highest BCUT2D eigenvalue weighted by Gasteiger charge is 2.24. The summed E-state index contributed by atoms with van der Waals surface area (Å²) in [6.45, 7) is 2.00. The van der Waals surface area contributed by atoms with Crippen molar-refractivity contribution < 1.29 is 0 Å². The van der Waals surface area contributed by atoms with E-state index in [4.69, 9.17) is 17.2 Å². The summed E-state index contributed by atoms with van der Waals surface area (Å²) in [7, 11) is 0. The Hall–Kier alpha value is -2.52. The van der Waals surface area contributed by atoms with Gasteiger partial charge in [0.2, 0.25) is 0 Å². The van der Waals surface area contributed by atoms with Gasteiger partial charge in [0.05, 0.1) is 5.54 Å². The molecule has 22 heavy (non-hydrogen) atoms. The number of nitrogen functional groups attached to an aromatic ring is 1. The van der Waals surface area contributed by atoms with Gasteiger partial charge in [0, 0.05) is 11.4 Å². The SMILES string of the molecule is Cc1ccccc1N.NC1=CCC(N)(c2ccccc2)C=C1. The number of para-hydroxylation sites is 1. The van der Waals surface area contributed by atoms with Crippen LogP contribution in [0.4, 0.5) is 5.69 Å². The van der Waals surface area contributed by atoms with E-state index < -0.39 is 0 Å². The summed E-state index contributed by atoms with van der Waals surface area (Å²) in [5.41, 5.74) is 21.0. The van der Waals surface area contributed by atoms with Crippen LogP contribution in [-0.4, -0.2) is 0 Å². The van der Waals surface area contributed by atoms with Crippen LogP contribution in [0.5, 0.6) is 0 Å². The molecule has 0 heterocycles. The Morgan fingerprint density at radius 1 is 0.909 bits per heavy atom. The summed E-state index contributed by atoms with van der Waals surface area (Å²) in [6, 6.07) is 17.9. The molecule has 1 atom stereocenters. The van der Waals surface area contributed by atoms with E-state index in [1.165, 1.54) is 0 Å². The average molecular weight is 293 g/mol. The van der Waals surface area contributed by atoms with Crippen LogP contribution in [0, 0.1) is 6.92 Å². The van der Waals surface area contributed by atoms with Crippen LogP contribution in [0.25, 0.3) is 0 Å². The summed E-state index contributed by atoms with van der Waals surface area (Å²) < 4.78 is 0. The van der Waals surface area contributed by atoms with Crippen LogP contribution in [0.2, 0.25) is 0 Å². The maximum Gasteiger partial charge on any atom is 0.0634 e. The van der Waals surface area contributed by atoms with E-state index in [0.717, 1.165) is 28.9 Å². The molecule has 1 aliphatic carbocycles. The summed E-state index contributed by atoms with van der Waals surface area (Å²) in [4.78, 5) is 0. The molecule has 3 nitrogen and oxygen atoms in total. The Kier molecular flexibility index (Phi) is 5.02. The fraction of sp³-hybridized carbons (Fsp3) is 0.158. The van der Waals surface area contributed by atoms with E-state index in [-0.39, 0.29) is 5.54 Å². The maximum atomic E-state index is 6.26. The van der Waals surface area contributed by atoms with Crippen molar-refractivity contribution in [3.8, 4) is 0 Å². The van der Waals surface area contributed by atoms with E-state index in [1.54, 1.807) is 0 Å². The summed E-state index contributed by atoms with van der Waals surface area (Å²) in [6.07, 6.45) is 6.57. The molecule has 0 saturated heterocycles. The molecule has 0 fully saturated rings. The van der Waals surface area contributed by atoms with Crippen molar-refractivity contribution in [1.29, 1.82) is 0 Å². The lowest BCUT2D eigenvalue weighted by molar-refractivity contribution is 0.562. The number of rotatable bonds is 1. The smallest absolute Gasteiger partial charge is 0.0634 e. The van der Waals surface area contributed by atoms with Crippen LogP contribution in [0.15, 0.2) is 78.5 Å². The van der Waals surface area contributed by atoms with Crippen LogP contribution in [0.1, 0.15) is 17.5 Å². The van der Waals surface area contributed by atoms with E-state index in [9.17, 15) is 0 Å². The predicted molar refractivity (Wildman–Crippen MR) is 93.9 cm³/mol. The summed E-state index contributed by atoms with van der Waals surface area (Å²) in [5, 5.41) is 0. The van der Waals surface area contributed by atoms with Gasteiger partial charge in [-0.05, 0) is 36.6 Å². The van der Waals surface area contributed by atoms with Crippen molar-refractivity contribution in [3.63, 3.8) is 0 Å². The van der Waals surface area contributed by atoms with Crippen molar-refractivity contribution in [2.24, 2.45) is 11.5 Å². The molecule has 3 heteroatoms. The highest BCUT2D eigenvalue weighted by molar-refractivity contribution is 5.45. The van der Waals surface area contributed by atoms with Gasteiger partial charge >= 0.3 is 0 Å². The van der Waals surface area contributed by atoms with Crippen molar-refractivity contribution in [3.05, 3.63) is 89.6 Å². The number of nitrogens with two attached hydrogens (primary N) is 3. The third-order valence-corrected chi connectivity index (χ3v) is 3.75. The van der Waals surface area contributed by atoms with E-state index >= 15 is 0 Å². The highest BCUT2D eigenvalue weighted by atomic mass is 14.7. The van der Waals surface area contributed by atoms with Gasteiger partial charge in [0.15, 0.2) is 0 Å². The molecule has 6 N–H and O–H groups in total. The first-order valence-electron chi connectivity index (χ1n) is 7.32. The highest BCUT2D eigenvalue weighted by Crippen LogP contribution is 2.27. The van der Waals surface area contributed by atoms with Gasteiger partial charge in [-0.2, -0.15) is 0 Å². The second-order valence-corrected chi connectivity index (χ2v) is 5.50. The quantitative estimate of drug-likeness (QED) is 0.706. The molecule has 0 spiro atoms. The van der Waals surface area contributed by atoms with Crippen molar-refractivity contribution in [2.75, 3.05) is 5.73 Å². The molecule has 1 unspecified atom stereocenters. The van der Waals surface area contributed by atoms with Gasteiger partial charge in [-0.15, -0.1) is 0 Å². The van der Waals surface area contributed by atoms with Gasteiger partial charge in [-0.1, -0.05) is 60.7 Å². The Labute approximate surface area is 132 Å². The lowest BCUT2D eigenvalue weighted by atomic mass is 9.84. The molecule has 0 saturated carbocycles. The Bertz CT molecular complexity index is 653. The Morgan fingerprint density at radius 2 is 1.55 bits per heavy atom. The van der Waals surface area contributed by atoms with Gasteiger partial charge in [-0.25, -0.2) is 0 Å². The van der Waals surface area contributed by atoms with Crippen LogP contribution in [-0.2, 0) is 5.54 Å². The van der Waals surface area contributed by atoms with Gasteiger partial charge in [0.25, 0.3) is 0 Å². The molecule has 0 aromatic heterocycles. The largest absolute Gasteiger partial charge is 0.399 e. The minimum atomic E-state index is -0.385. The summed E-state index contributed by atoms with van der Waals surface area (Å²) >= 11 is 0. The van der Waals surface area contributed by atoms with Gasteiger partial charge in [-0.3, -0.25) is 0 Å². The van der Waals surface area contributed by atoms with Crippen molar-refractivity contribution in [1.82, 2.24) is 0 Å². The second-order valence-electron chi connectivity index (χ2n) is 5.50. The molecule has 2 aromatic carbocycles. The molecule has 0 aliphatic heterocycles. The lowest BCUT2D eigenvalue weighted by Crippen LogP contribution is -2.35. The topological polar surface area (TPSA) is 78.1 Å². The number of anilines is 1. The zero-order valence-electron chi connectivity index (χ0n) is 12.9. The van der Waals surface area contributed by atoms with E-state index in [2.05, 4.69) is 0 Å². The first-order chi connectivity index (χ1) is 10.5. The molecular weight excluding hydrogens is 270 g/mol. The molecular formula is C19H23N3. The standard InChI is InChI=1S/C12H14N2.C7H9N/c13-11-6-8-12(14,9-7-11)10-4-2-1-3-5-10;1-6-4-2-3-5-7(6)8/h1-8H,9,13-14H2;2-5H,8H2,1H3. The van der Waals surface area contributed by atoms with E-state index in [0.29, 0.717) is 0 Å². The number of allylic oxidation sites excluding steroid dienone is 1. The molecule has 0 bridgehead atoms. The van der Waals surface area contributed by atoms with Crippen LogP contribution >= 0.6 is 0 Å². The minimum absolute atomic E-state index is 0.385.